The highest BCUT2D eigenvalue weighted by Gasteiger charge is 2.17. The molecule has 3 aromatic rings. The summed E-state index contributed by atoms with van der Waals surface area (Å²) < 4.78 is 23.7. The third-order valence-corrected chi connectivity index (χ3v) is 3.91. The molecule has 0 bridgehead atoms. The summed E-state index contributed by atoms with van der Waals surface area (Å²) in [5, 5.41) is 14.6. The van der Waals surface area contributed by atoms with E-state index in [0.29, 0.717) is 5.56 Å². The van der Waals surface area contributed by atoms with E-state index in [1.54, 1.807) is 13.0 Å². The summed E-state index contributed by atoms with van der Waals surface area (Å²) in [5.41, 5.74) is 6.60. The zero-order valence-corrected chi connectivity index (χ0v) is 15.7. The summed E-state index contributed by atoms with van der Waals surface area (Å²) in [6.45, 7) is 1.59. The average Bonchev–Trinajstić information content (AvgIpc) is 3.20. The van der Waals surface area contributed by atoms with E-state index >= 15 is 0 Å². The molecular weight excluding hydrogens is 397 g/mol. The summed E-state index contributed by atoms with van der Waals surface area (Å²) in [6, 6.07) is 12.5. The first kappa shape index (κ1) is 20.5. The minimum atomic E-state index is -0.910. The van der Waals surface area contributed by atoms with Crippen molar-refractivity contribution in [2.45, 2.75) is 13.5 Å². The number of nitro groups is 1. The molecule has 0 aliphatic heterocycles. The Morgan fingerprint density at radius 1 is 1.20 bits per heavy atom. The van der Waals surface area contributed by atoms with Crippen molar-refractivity contribution in [2.24, 2.45) is 10.9 Å². The number of carbonyl (C=O) groups is 1. The van der Waals surface area contributed by atoms with E-state index in [4.69, 9.17) is 19.7 Å². The highest BCUT2D eigenvalue weighted by Crippen LogP contribution is 2.28. The lowest BCUT2D eigenvalue weighted by molar-refractivity contribution is -0.386. The van der Waals surface area contributed by atoms with Gasteiger partial charge in [-0.3, -0.25) is 10.1 Å². The molecule has 2 N–H and O–H groups in total. The zero-order chi connectivity index (χ0) is 21.7. The largest absolute Gasteiger partial charge is 0.479 e. The monoisotopic (exact) mass is 413 g/mol. The molecule has 0 amide bonds. The number of oxime groups is 1. The maximum absolute atomic E-state index is 12.9. The SMILES string of the molecule is Cc1ccc(OCc2ccc(C(=O)O/N=C(\N)c3ccc(F)cc3)o2)c([N+](=O)[O-])c1. The minimum absolute atomic E-state index is 0.0720. The summed E-state index contributed by atoms with van der Waals surface area (Å²) in [5.74, 6) is -1.32. The Kier molecular flexibility index (Phi) is 6.06. The van der Waals surface area contributed by atoms with Crippen LogP contribution in [0.1, 0.15) is 27.4 Å². The number of halogens is 1. The van der Waals surface area contributed by atoms with Crippen LogP contribution in [-0.4, -0.2) is 16.7 Å². The number of benzene rings is 2. The van der Waals surface area contributed by atoms with Crippen LogP contribution < -0.4 is 10.5 Å². The highest BCUT2D eigenvalue weighted by molar-refractivity contribution is 5.97. The number of rotatable bonds is 7. The molecule has 0 aliphatic rings. The zero-order valence-electron chi connectivity index (χ0n) is 15.7. The topological polar surface area (TPSA) is 130 Å². The van der Waals surface area contributed by atoms with Gasteiger partial charge in [-0.2, -0.15) is 0 Å². The molecule has 0 saturated heterocycles. The number of hydrogen-bond donors (Lipinski definition) is 1. The van der Waals surface area contributed by atoms with E-state index in [1.165, 1.54) is 48.5 Å². The van der Waals surface area contributed by atoms with Crippen LogP contribution in [-0.2, 0) is 11.4 Å². The van der Waals surface area contributed by atoms with Crippen molar-refractivity contribution in [2.75, 3.05) is 0 Å². The van der Waals surface area contributed by atoms with E-state index < -0.39 is 16.7 Å². The van der Waals surface area contributed by atoms with E-state index in [1.807, 2.05) is 0 Å². The standard InChI is InChI=1S/C20H16FN3O6/c1-12-2-8-17(16(10-12)24(26)27)28-11-15-7-9-18(29-15)20(25)30-23-19(22)13-3-5-14(21)6-4-13/h2-10H,11H2,1H3,(H2,22,23). The van der Waals surface area contributed by atoms with Gasteiger partial charge < -0.3 is 19.7 Å². The number of carbonyl (C=O) groups excluding carboxylic acids is 1. The third-order valence-electron chi connectivity index (χ3n) is 3.91. The summed E-state index contributed by atoms with van der Waals surface area (Å²) in [4.78, 5) is 27.3. The molecule has 0 fully saturated rings. The Labute approximate surface area is 169 Å². The molecule has 0 aliphatic carbocycles. The van der Waals surface area contributed by atoms with Crippen molar-refractivity contribution < 1.29 is 28.1 Å². The Morgan fingerprint density at radius 3 is 2.63 bits per heavy atom. The fraction of sp³-hybridized carbons (Fsp3) is 0.100. The van der Waals surface area contributed by atoms with Crippen molar-refractivity contribution in [3.05, 3.63) is 93.2 Å². The second-order valence-corrected chi connectivity index (χ2v) is 6.15. The van der Waals surface area contributed by atoms with Crippen LogP contribution >= 0.6 is 0 Å². The molecule has 1 heterocycles. The third kappa shape index (κ3) is 4.98. The van der Waals surface area contributed by atoms with Gasteiger partial charge in [-0.25, -0.2) is 9.18 Å². The number of amidine groups is 1. The van der Waals surface area contributed by atoms with Gasteiger partial charge in [0, 0.05) is 11.6 Å². The molecule has 9 nitrogen and oxygen atoms in total. The van der Waals surface area contributed by atoms with E-state index in [-0.39, 0.29) is 35.4 Å². The van der Waals surface area contributed by atoms with Gasteiger partial charge in [-0.05, 0) is 55.0 Å². The number of nitrogens with zero attached hydrogens (tertiary/aromatic N) is 2. The van der Waals surface area contributed by atoms with Crippen molar-refractivity contribution >= 4 is 17.5 Å². The molecule has 0 saturated carbocycles. The number of furan rings is 1. The van der Waals surface area contributed by atoms with Crippen LogP contribution in [0.2, 0.25) is 0 Å². The first-order valence-electron chi connectivity index (χ1n) is 8.61. The van der Waals surface area contributed by atoms with Gasteiger partial charge in [0.25, 0.3) is 0 Å². The lowest BCUT2D eigenvalue weighted by Gasteiger charge is -2.05. The smallest absolute Gasteiger partial charge is 0.400 e. The van der Waals surface area contributed by atoms with E-state index in [0.717, 1.165) is 5.56 Å². The molecule has 3 rings (SSSR count). The van der Waals surface area contributed by atoms with Crippen LogP contribution in [0.25, 0.3) is 0 Å². The second kappa shape index (κ2) is 8.86. The molecule has 154 valence electrons. The normalized spacial score (nSPS) is 11.2. The van der Waals surface area contributed by atoms with Gasteiger partial charge >= 0.3 is 11.7 Å². The lowest BCUT2D eigenvalue weighted by Crippen LogP contribution is -2.15. The highest BCUT2D eigenvalue weighted by atomic mass is 19.1. The number of ether oxygens (including phenoxy) is 1. The van der Waals surface area contributed by atoms with Gasteiger partial charge in [0.05, 0.1) is 4.92 Å². The van der Waals surface area contributed by atoms with Gasteiger partial charge in [-0.15, -0.1) is 0 Å². The van der Waals surface area contributed by atoms with Crippen LogP contribution in [0.3, 0.4) is 0 Å². The fourth-order valence-corrected chi connectivity index (χ4v) is 2.42. The summed E-state index contributed by atoms with van der Waals surface area (Å²) in [7, 11) is 0. The van der Waals surface area contributed by atoms with Gasteiger partial charge in [0.2, 0.25) is 5.76 Å². The first-order chi connectivity index (χ1) is 14.3. The maximum Gasteiger partial charge on any atom is 0.400 e. The summed E-state index contributed by atoms with van der Waals surface area (Å²) >= 11 is 0. The second-order valence-electron chi connectivity index (χ2n) is 6.15. The quantitative estimate of drug-likeness (QED) is 0.205. The minimum Gasteiger partial charge on any atom is -0.479 e. The van der Waals surface area contributed by atoms with Crippen molar-refractivity contribution in [3.8, 4) is 5.75 Å². The number of aryl methyl sites for hydroxylation is 1. The molecule has 2 aromatic carbocycles. The maximum atomic E-state index is 12.9. The molecule has 10 heteroatoms. The van der Waals surface area contributed by atoms with E-state index in [9.17, 15) is 19.3 Å². The predicted molar refractivity (Wildman–Crippen MR) is 103 cm³/mol. The average molecular weight is 413 g/mol. The molecule has 0 unspecified atom stereocenters. The van der Waals surface area contributed by atoms with Crippen LogP contribution in [0.4, 0.5) is 10.1 Å². The first-order valence-corrected chi connectivity index (χ1v) is 8.61. The Balaban J connectivity index is 1.62. The van der Waals surface area contributed by atoms with Crippen LogP contribution in [0.15, 0.2) is 64.2 Å². The van der Waals surface area contributed by atoms with Gasteiger partial charge in [0.15, 0.2) is 11.6 Å². The predicted octanol–water partition coefficient (Wildman–Crippen LogP) is 3.69. The molecule has 0 radical (unpaired) electrons. The van der Waals surface area contributed by atoms with Gasteiger partial charge in [0.1, 0.15) is 18.2 Å². The molecule has 30 heavy (non-hydrogen) atoms. The molecular formula is C20H16FN3O6. The fourth-order valence-electron chi connectivity index (χ4n) is 2.42. The lowest BCUT2D eigenvalue weighted by atomic mass is 10.2. The number of nitro benzene ring substituents is 1. The molecule has 0 atom stereocenters. The van der Waals surface area contributed by atoms with Crippen molar-refractivity contribution in [1.82, 2.24) is 0 Å². The Hall–Kier alpha value is -4.21. The molecule has 1 aromatic heterocycles. The van der Waals surface area contributed by atoms with Crippen molar-refractivity contribution in [3.63, 3.8) is 0 Å². The number of hydrogen-bond acceptors (Lipinski definition) is 7. The van der Waals surface area contributed by atoms with Crippen molar-refractivity contribution in [1.29, 1.82) is 0 Å². The number of nitrogens with two attached hydrogens (primary N) is 1. The van der Waals surface area contributed by atoms with Gasteiger partial charge in [-0.1, -0.05) is 11.2 Å². The van der Waals surface area contributed by atoms with Crippen LogP contribution in [0, 0.1) is 22.9 Å². The summed E-state index contributed by atoms with van der Waals surface area (Å²) in [6.07, 6.45) is 0. The Morgan fingerprint density at radius 2 is 1.93 bits per heavy atom. The van der Waals surface area contributed by atoms with E-state index in [2.05, 4.69) is 5.16 Å². The van der Waals surface area contributed by atoms with Crippen LogP contribution in [0.5, 0.6) is 5.75 Å². The Bertz CT molecular complexity index is 1110. The molecule has 0 spiro atoms.